The zero-order valence-corrected chi connectivity index (χ0v) is 14.8. The molecule has 0 spiro atoms. The molecule has 2 aliphatic rings. The lowest BCUT2D eigenvalue weighted by Gasteiger charge is -2.37. The molecule has 3 rings (SSSR count). The average molecular weight is 344 g/mol. The maximum atomic E-state index is 12.8. The number of benzene rings is 1. The number of carbonyl (C=O) groups is 2. The van der Waals surface area contributed by atoms with Gasteiger partial charge in [0.15, 0.2) is 0 Å². The van der Waals surface area contributed by atoms with E-state index < -0.39 is 0 Å². The minimum Gasteiger partial charge on any atom is -0.392 e. The molecular weight excluding hydrogens is 316 g/mol. The smallest absolute Gasteiger partial charge is 0.227 e. The summed E-state index contributed by atoms with van der Waals surface area (Å²) in [4.78, 5) is 28.6. The van der Waals surface area contributed by atoms with Crippen LogP contribution in [0.15, 0.2) is 24.3 Å². The number of aliphatic hydroxyl groups is 1. The third-order valence-electron chi connectivity index (χ3n) is 5.41. The van der Waals surface area contributed by atoms with Gasteiger partial charge in [-0.3, -0.25) is 9.59 Å². The van der Waals surface area contributed by atoms with Crippen LogP contribution in [-0.4, -0.2) is 52.4 Å². The van der Waals surface area contributed by atoms with Gasteiger partial charge in [-0.1, -0.05) is 24.3 Å². The molecule has 0 bridgehead atoms. The van der Waals surface area contributed by atoms with Gasteiger partial charge in [-0.25, -0.2) is 0 Å². The van der Waals surface area contributed by atoms with Crippen molar-refractivity contribution in [1.29, 1.82) is 0 Å². The van der Waals surface area contributed by atoms with Crippen molar-refractivity contribution in [2.24, 2.45) is 0 Å². The number of amides is 2. The van der Waals surface area contributed by atoms with Crippen LogP contribution in [0.3, 0.4) is 0 Å². The highest BCUT2D eigenvalue weighted by Crippen LogP contribution is 2.22. The number of rotatable bonds is 6. The van der Waals surface area contributed by atoms with Crippen LogP contribution in [0.25, 0.3) is 0 Å². The normalized spacial score (nSPS) is 21.0. The molecule has 25 heavy (non-hydrogen) atoms. The Morgan fingerprint density at radius 3 is 2.52 bits per heavy atom. The largest absolute Gasteiger partial charge is 0.392 e. The topological polar surface area (TPSA) is 60.9 Å². The van der Waals surface area contributed by atoms with Crippen LogP contribution < -0.4 is 0 Å². The Hall–Kier alpha value is -1.88. The van der Waals surface area contributed by atoms with Crippen molar-refractivity contribution in [1.82, 2.24) is 9.80 Å². The van der Waals surface area contributed by atoms with Crippen molar-refractivity contribution >= 4 is 11.8 Å². The van der Waals surface area contributed by atoms with Crippen molar-refractivity contribution in [3.8, 4) is 0 Å². The first-order chi connectivity index (χ1) is 12.2. The second-order valence-electron chi connectivity index (χ2n) is 7.16. The van der Waals surface area contributed by atoms with Crippen LogP contribution in [0.4, 0.5) is 0 Å². The molecule has 5 heteroatoms. The van der Waals surface area contributed by atoms with Gasteiger partial charge in [-0.15, -0.1) is 0 Å². The minimum atomic E-state index is 0.0254. The number of likely N-dealkylation sites (tertiary alicyclic amines) is 2. The van der Waals surface area contributed by atoms with E-state index in [-0.39, 0.29) is 24.5 Å². The van der Waals surface area contributed by atoms with Gasteiger partial charge >= 0.3 is 0 Å². The summed E-state index contributed by atoms with van der Waals surface area (Å²) in [6.07, 6.45) is 6.21. The van der Waals surface area contributed by atoms with Crippen LogP contribution in [0.2, 0.25) is 0 Å². The monoisotopic (exact) mass is 344 g/mol. The summed E-state index contributed by atoms with van der Waals surface area (Å²) in [5.41, 5.74) is 1.85. The van der Waals surface area contributed by atoms with Gasteiger partial charge in [0.2, 0.25) is 11.8 Å². The zero-order valence-electron chi connectivity index (χ0n) is 14.8. The first kappa shape index (κ1) is 17.9. The Kier molecular flexibility index (Phi) is 6.08. The number of piperidine rings is 1. The van der Waals surface area contributed by atoms with E-state index >= 15 is 0 Å². The molecule has 1 aromatic carbocycles. The second kappa shape index (κ2) is 8.48. The van der Waals surface area contributed by atoms with Gasteiger partial charge in [0.05, 0.1) is 13.0 Å². The number of carbonyl (C=O) groups excluding carboxylic acids is 2. The lowest BCUT2D eigenvalue weighted by molar-refractivity contribution is -0.134. The fourth-order valence-electron chi connectivity index (χ4n) is 3.91. The molecule has 5 nitrogen and oxygen atoms in total. The minimum absolute atomic E-state index is 0.0254. The molecule has 1 aromatic rings. The van der Waals surface area contributed by atoms with Gasteiger partial charge in [0.1, 0.15) is 0 Å². The molecule has 0 saturated carbocycles. The van der Waals surface area contributed by atoms with E-state index in [4.69, 9.17) is 5.11 Å². The van der Waals surface area contributed by atoms with Gasteiger partial charge in [-0.2, -0.15) is 0 Å². The standard InChI is InChI=1S/C20H28N2O3/c23-15-17-8-6-16(7-9-17)14-20(25)22-12-2-1-4-18(22)10-13-21-11-3-5-19(21)24/h6-9,18,23H,1-5,10-15H2/t18-/m0/s1. The molecular formula is C20H28N2O3. The predicted molar refractivity (Wildman–Crippen MR) is 95.9 cm³/mol. The van der Waals surface area contributed by atoms with Crippen molar-refractivity contribution in [3.05, 3.63) is 35.4 Å². The third-order valence-corrected chi connectivity index (χ3v) is 5.41. The molecule has 0 aliphatic carbocycles. The summed E-state index contributed by atoms with van der Waals surface area (Å²) >= 11 is 0. The van der Waals surface area contributed by atoms with Gasteiger partial charge in [-0.05, 0) is 43.2 Å². The maximum Gasteiger partial charge on any atom is 0.227 e. The van der Waals surface area contributed by atoms with E-state index in [2.05, 4.69) is 0 Å². The zero-order chi connectivity index (χ0) is 17.6. The SMILES string of the molecule is O=C1CCCN1CC[C@@H]1CCCCN1C(=O)Cc1ccc(CO)cc1. The van der Waals surface area contributed by atoms with Crippen LogP contribution in [0.5, 0.6) is 0 Å². The quantitative estimate of drug-likeness (QED) is 0.860. The van der Waals surface area contributed by atoms with Crippen LogP contribution in [0, 0.1) is 0 Å². The Balaban J connectivity index is 1.57. The van der Waals surface area contributed by atoms with Crippen molar-refractivity contribution in [2.45, 2.75) is 57.6 Å². The van der Waals surface area contributed by atoms with Crippen LogP contribution >= 0.6 is 0 Å². The molecule has 2 saturated heterocycles. The van der Waals surface area contributed by atoms with E-state index in [1.165, 1.54) is 0 Å². The Morgan fingerprint density at radius 2 is 1.84 bits per heavy atom. The Labute approximate surface area is 149 Å². The highest BCUT2D eigenvalue weighted by atomic mass is 16.3. The van der Waals surface area contributed by atoms with E-state index in [0.29, 0.717) is 12.8 Å². The van der Waals surface area contributed by atoms with E-state index in [1.54, 1.807) is 0 Å². The predicted octanol–water partition coefficient (Wildman–Crippen LogP) is 2.11. The molecule has 1 N–H and O–H groups in total. The molecule has 0 aromatic heterocycles. The molecule has 2 aliphatic heterocycles. The summed E-state index contributed by atoms with van der Waals surface area (Å²) < 4.78 is 0. The van der Waals surface area contributed by atoms with Crippen molar-refractivity contribution < 1.29 is 14.7 Å². The molecule has 1 atom stereocenters. The number of hydrogen-bond donors (Lipinski definition) is 1. The maximum absolute atomic E-state index is 12.8. The van der Waals surface area contributed by atoms with E-state index in [0.717, 1.165) is 62.9 Å². The Morgan fingerprint density at radius 1 is 1.08 bits per heavy atom. The van der Waals surface area contributed by atoms with Crippen LogP contribution in [0.1, 0.15) is 49.7 Å². The Bertz CT molecular complexity index is 599. The lowest BCUT2D eigenvalue weighted by Crippen LogP contribution is -2.46. The summed E-state index contributed by atoms with van der Waals surface area (Å²) in [5, 5.41) is 9.11. The van der Waals surface area contributed by atoms with Gasteiger partial charge in [0.25, 0.3) is 0 Å². The summed E-state index contributed by atoms with van der Waals surface area (Å²) in [6.45, 7) is 2.50. The van der Waals surface area contributed by atoms with Crippen molar-refractivity contribution in [2.75, 3.05) is 19.6 Å². The fourth-order valence-corrected chi connectivity index (χ4v) is 3.91. The highest BCUT2D eigenvalue weighted by molar-refractivity contribution is 5.79. The lowest BCUT2D eigenvalue weighted by atomic mass is 9.97. The fraction of sp³-hybridized carbons (Fsp3) is 0.600. The summed E-state index contributed by atoms with van der Waals surface area (Å²) in [6, 6.07) is 7.84. The average Bonchev–Trinajstić information content (AvgIpc) is 3.05. The first-order valence-electron chi connectivity index (χ1n) is 9.43. The second-order valence-corrected chi connectivity index (χ2v) is 7.16. The molecule has 136 valence electrons. The number of nitrogens with zero attached hydrogens (tertiary/aromatic N) is 2. The molecule has 0 radical (unpaired) electrons. The van der Waals surface area contributed by atoms with E-state index in [1.807, 2.05) is 34.1 Å². The molecule has 2 heterocycles. The summed E-state index contributed by atoms with van der Waals surface area (Å²) in [5.74, 6) is 0.437. The molecule has 0 unspecified atom stereocenters. The molecule has 2 fully saturated rings. The number of aliphatic hydroxyl groups excluding tert-OH is 1. The summed E-state index contributed by atoms with van der Waals surface area (Å²) in [7, 11) is 0. The van der Waals surface area contributed by atoms with Gasteiger partial charge < -0.3 is 14.9 Å². The van der Waals surface area contributed by atoms with E-state index in [9.17, 15) is 9.59 Å². The third kappa shape index (κ3) is 4.60. The van der Waals surface area contributed by atoms with Crippen LogP contribution in [-0.2, 0) is 22.6 Å². The highest BCUT2D eigenvalue weighted by Gasteiger charge is 2.28. The first-order valence-corrected chi connectivity index (χ1v) is 9.43. The number of hydrogen-bond acceptors (Lipinski definition) is 3. The van der Waals surface area contributed by atoms with Crippen molar-refractivity contribution in [3.63, 3.8) is 0 Å². The molecule has 2 amide bonds. The van der Waals surface area contributed by atoms with Gasteiger partial charge in [0, 0.05) is 32.1 Å².